The molecule has 1 aliphatic rings. The fourth-order valence-corrected chi connectivity index (χ4v) is 4.04. The van der Waals surface area contributed by atoms with E-state index in [1.165, 1.54) is 19.3 Å². The van der Waals surface area contributed by atoms with Crippen molar-refractivity contribution in [2.24, 2.45) is 0 Å². The molecule has 0 radical (unpaired) electrons. The second-order valence-corrected chi connectivity index (χ2v) is 7.40. The third-order valence-corrected chi connectivity index (χ3v) is 5.55. The Morgan fingerprint density at radius 3 is 2.60 bits per heavy atom. The fourth-order valence-electron chi connectivity index (χ4n) is 3.36. The van der Waals surface area contributed by atoms with Gasteiger partial charge in [0.05, 0.1) is 10.6 Å². The van der Waals surface area contributed by atoms with Gasteiger partial charge < -0.3 is 5.32 Å². The van der Waals surface area contributed by atoms with Gasteiger partial charge in [-0.05, 0) is 42.5 Å². The van der Waals surface area contributed by atoms with Gasteiger partial charge in [-0.1, -0.05) is 43.5 Å². The standard InChI is InChI=1S/C20H21N3OS/c24-20(21-15-8-3-1-4-9-15)18-14-17(19-12-7-13-25-19)22-23(18)16-10-5-2-6-11-16/h2,5-7,10-15H,1,3-4,8-9H2,(H,21,24). The summed E-state index contributed by atoms with van der Waals surface area (Å²) in [6.07, 6.45) is 5.81. The minimum atomic E-state index is -0.0361. The van der Waals surface area contributed by atoms with E-state index in [-0.39, 0.29) is 11.9 Å². The first-order valence-corrected chi connectivity index (χ1v) is 9.69. The highest BCUT2D eigenvalue weighted by Crippen LogP contribution is 2.26. The Morgan fingerprint density at radius 2 is 1.88 bits per heavy atom. The third-order valence-electron chi connectivity index (χ3n) is 4.66. The Kier molecular flexibility index (Phi) is 4.65. The summed E-state index contributed by atoms with van der Waals surface area (Å²) < 4.78 is 1.76. The number of thiophene rings is 1. The lowest BCUT2D eigenvalue weighted by molar-refractivity contribution is 0.0920. The van der Waals surface area contributed by atoms with Gasteiger partial charge >= 0.3 is 0 Å². The molecule has 25 heavy (non-hydrogen) atoms. The van der Waals surface area contributed by atoms with Gasteiger partial charge in [-0.25, -0.2) is 4.68 Å². The first-order chi connectivity index (χ1) is 12.3. The van der Waals surface area contributed by atoms with Crippen LogP contribution in [0.25, 0.3) is 16.3 Å². The maximum Gasteiger partial charge on any atom is 0.270 e. The van der Waals surface area contributed by atoms with E-state index < -0.39 is 0 Å². The molecular weight excluding hydrogens is 330 g/mol. The summed E-state index contributed by atoms with van der Waals surface area (Å²) in [5.41, 5.74) is 2.34. The quantitative estimate of drug-likeness (QED) is 0.743. The van der Waals surface area contributed by atoms with Crippen LogP contribution in [0.1, 0.15) is 42.6 Å². The number of rotatable bonds is 4. The van der Waals surface area contributed by atoms with E-state index >= 15 is 0 Å². The SMILES string of the molecule is O=C(NC1CCCCC1)c1cc(-c2cccs2)nn1-c1ccccc1. The number of amides is 1. The van der Waals surface area contributed by atoms with Crippen molar-refractivity contribution in [2.75, 3.05) is 0 Å². The molecule has 0 spiro atoms. The van der Waals surface area contributed by atoms with Crippen molar-refractivity contribution in [3.05, 3.63) is 59.6 Å². The van der Waals surface area contributed by atoms with Crippen molar-refractivity contribution in [1.82, 2.24) is 15.1 Å². The number of aromatic nitrogens is 2. The molecule has 5 heteroatoms. The summed E-state index contributed by atoms with van der Waals surface area (Å²) in [7, 11) is 0. The Balaban J connectivity index is 1.68. The van der Waals surface area contributed by atoms with Crippen molar-refractivity contribution < 1.29 is 4.79 Å². The molecule has 4 nitrogen and oxygen atoms in total. The van der Waals surface area contributed by atoms with E-state index in [0.717, 1.165) is 29.1 Å². The molecule has 3 aromatic rings. The second kappa shape index (κ2) is 7.23. The normalized spacial score (nSPS) is 15.2. The fraction of sp³-hybridized carbons (Fsp3) is 0.300. The average Bonchev–Trinajstić information content (AvgIpc) is 3.33. The predicted molar refractivity (Wildman–Crippen MR) is 101 cm³/mol. The van der Waals surface area contributed by atoms with Crippen molar-refractivity contribution >= 4 is 17.2 Å². The summed E-state index contributed by atoms with van der Waals surface area (Å²) in [5, 5.41) is 9.94. The molecule has 1 aromatic carbocycles. The van der Waals surface area contributed by atoms with Crippen LogP contribution in [-0.2, 0) is 0 Å². The second-order valence-electron chi connectivity index (χ2n) is 6.45. The van der Waals surface area contributed by atoms with Crippen LogP contribution in [0.3, 0.4) is 0 Å². The molecule has 1 aliphatic carbocycles. The first-order valence-electron chi connectivity index (χ1n) is 8.81. The molecule has 1 amide bonds. The number of carbonyl (C=O) groups is 1. The molecule has 0 unspecified atom stereocenters. The Hall–Kier alpha value is -2.40. The number of carbonyl (C=O) groups excluding carboxylic acids is 1. The molecule has 0 bridgehead atoms. The zero-order valence-corrected chi connectivity index (χ0v) is 14.8. The summed E-state index contributed by atoms with van der Waals surface area (Å²) in [6, 6.07) is 16.1. The predicted octanol–water partition coefficient (Wildman–Crippen LogP) is 4.66. The van der Waals surface area contributed by atoms with Gasteiger partial charge in [0.2, 0.25) is 0 Å². The molecule has 2 heterocycles. The van der Waals surface area contributed by atoms with Gasteiger partial charge in [-0.3, -0.25) is 4.79 Å². The number of para-hydroxylation sites is 1. The van der Waals surface area contributed by atoms with E-state index in [0.29, 0.717) is 5.69 Å². The largest absolute Gasteiger partial charge is 0.348 e. The molecule has 2 aromatic heterocycles. The molecule has 4 rings (SSSR count). The smallest absolute Gasteiger partial charge is 0.270 e. The van der Waals surface area contributed by atoms with Gasteiger partial charge in [-0.2, -0.15) is 5.10 Å². The summed E-state index contributed by atoms with van der Waals surface area (Å²) >= 11 is 1.63. The molecule has 128 valence electrons. The van der Waals surface area contributed by atoms with Crippen LogP contribution in [0.5, 0.6) is 0 Å². The van der Waals surface area contributed by atoms with Crippen LogP contribution in [-0.4, -0.2) is 21.7 Å². The molecule has 1 saturated carbocycles. The van der Waals surface area contributed by atoms with E-state index in [1.807, 2.05) is 53.9 Å². The van der Waals surface area contributed by atoms with Crippen LogP contribution < -0.4 is 5.32 Å². The van der Waals surface area contributed by atoms with E-state index in [4.69, 9.17) is 5.10 Å². The number of hydrogen-bond acceptors (Lipinski definition) is 3. The lowest BCUT2D eigenvalue weighted by atomic mass is 9.95. The Bertz CT molecular complexity index is 833. The molecule has 0 saturated heterocycles. The topological polar surface area (TPSA) is 46.9 Å². The first kappa shape index (κ1) is 16.1. The molecule has 0 aliphatic heterocycles. The highest BCUT2D eigenvalue weighted by Gasteiger charge is 2.21. The minimum absolute atomic E-state index is 0.0361. The number of hydrogen-bond donors (Lipinski definition) is 1. The zero-order valence-electron chi connectivity index (χ0n) is 14.0. The summed E-state index contributed by atoms with van der Waals surface area (Å²) in [6.45, 7) is 0. The minimum Gasteiger partial charge on any atom is -0.348 e. The number of nitrogens with zero attached hydrogens (tertiary/aromatic N) is 2. The van der Waals surface area contributed by atoms with Gasteiger partial charge in [0, 0.05) is 6.04 Å². The monoisotopic (exact) mass is 351 g/mol. The highest BCUT2D eigenvalue weighted by atomic mass is 32.1. The van der Waals surface area contributed by atoms with E-state index in [9.17, 15) is 4.79 Å². The summed E-state index contributed by atoms with van der Waals surface area (Å²) in [5.74, 6) is -0.0361. The van der Waals surface area contributed by atoms with Gasteiger partial charge in [-0.15, -0.1) is 11.3 Å². The van der Waals surface area contributed by atoms with Crippen LogP contribution in [0.2, 0.25) is 0 Å². The van der Waals surface area contributed by atoms with Crippen LogP contribution in [0.4, 0.5) is 0 Å². The van der Waals surface area contributed by atoms with E-state index in [1.54, 1.807) is 16.0 Å². The van der Waals surface area contributed by atoms with Crippen molar-refractivity contribution in [3.8, 4) is 16.3 Å². The maximum atomic E-state index is 12.9. The molecule has 1 fully saturated rings. The molecule has 0 atom stereocenters. The van der Waals surface area contributed by atoms with Gasteiger partial charge in [0.15, 0.2) is 0 Å². The van der Waals surface area contributed by atoms with Crippen LogP contribution in [0, 0.1) is 0 Å². The Morgan fingerprint density at radius 1 is 1.08 bits per heavy atom. The number of benzene rings is 1. The molecular formula is C20H21N3OS. The zero-order chi connectivity index (χ0) is 17.1. The molecule has 1 N–H and O–H groups in total. The average molecular weight is 351 g/mol. The Labute approximate surface area is 151 Å². The van der Waals surface area contributed by atoms with Crippen molar-refractivity contribution in [3.63, 3.8) is 0 Å². The van der Waals surface area contributed by atoms with Crippen molar-refractivity contribution in [1.29, 1.82) is 0 Å². The van der Waals surface area contributed by atoms with Crippen LogP contribution in [0.15, 0.2) is 53.9 Å². The van der Waals surface area contributed by atoms with Crippen LogP contribution >= 0.6 is 11.3 Å². The number of nitrogens with one attached hydrogen (secondary N) is 1. The third kappa shape index (κ3) is 3.51. The summed E-state index contributed by atoms with van der Waals surface area (Å²) in [4.78, 5) is 14.0. The van der Waals surface area contributed by atoms with Gasteiger partial charge in [0.1, 0.15) is 11.4 Å². The lowest BCUT2D eigenvalue weighted by Gasteiger charge is -2.22. The van der Waals surface area contributed by atoms with Crippen molar-refractivity contribution in [2.45, 2.75) is 38.1 Å². The highest BCUT2D eigenvalue weighted by molar-refractivity contribution is 7.13. The maximum absolute atomic E-state index is 12.9. The van der Waals surface area contributed by atoms with E-state index in [2.05, 4.69) is 5.32 Å². The lowest BCUT2D eigenvalue weighted by Crippen LogP contribution is -2.37. The van der Waals surface area contributed by atoms with Gasteiger partial charge in [0.25, 0.3) is 5.91 Å².